The van der Waals surface area contributed by atoms with E-state index in [1.165, 1.54) is 0 Å². The fraction of sp³-hybridized carbons (Fsp3) is 0.733. The van der Waals surface area contributed by atoms with E-state index >= 15 is 0 Å². The lowest BCUT2D eigenvalue weighted by atomic mass is 10.2. The highest BCUT2D eigenvalue weighted by Crippen LogP contribution is 2.12. The number of ether oxygens (including phenoxy) is 1. The van der Waals surface area contributed by atoms with Crippen LogP contribution >= 0.6 is 11.3 Å². The van der Waals surface area contributed by atoms with E-state index < -0.39 is 5.60 Å². The Morgan fingerprint density at radius 2 is 2.24 bits per heavy atom. The maximum absolute atomic E-state index is 12.0. The van der Waals surface area contributed by atoms with E-state index in [0.29, 0.717) is 13.1 Å². The van der Waals surface area contributed by atoms with E-state index in [1.807, 2.05) is 33.2 Å². The molecular formula is C15H27N3O2S. The van der Waals surface area contributed by atoms with Gasteiger partial charge in [-0.2, -0.15) is 0 Å². The number of amides is 1. The van der Waals surface area contributed by atoms with Crippen molar-refractivity contribution in [2.75, 3.05) is 19.6 Å². The van der Waals surface area contributed by atoms with E-state index in [1.54, 1.807) is 16.2 Å². The van der Waals surface area contributed by atoms with Gasteiger partial charge in [0, 0.05) is 24.5 Å². The molecule has 1 atom stereocenters. The van der Waals surface area contributed by atoms with Gasteiger partial charge in [-0.25, -0.2) is 9.78 Å². The molecule has 0 radical (unpaired) electrons. The largest absolute Gasteiger partial charge is 0.444 e. The van der Waals surface area contributed by atoms with E-state index in [0.717, 1.165) is 18.7 Å². The quantitative estimate of drug-likeness (QED) is 0.784. The van der Waals surface area contributed by atoms with Crippen molar-refractivity contribution in [2.45, 2.75) is 52.7 Å². The molecule has 0 aliphatic rings. The van der Waals surface area contributed by atoms with E-state index in [9.17, 15) is 4.79 Å². The van der Waals surface area contributed by atoms with Gasteiger partial charge in [0.15, 0.2) is 0 Å². The van der Waals surface area contributed by atoms with Crippen molar-refractivity contribution in [2.24, 2.45) is 0 Å². The fourth-order valence-electron chi connectivity index (χ4n) is 1.83. The third kappa shape index (κ3) is 6.91. The Balaban J connectivity index is 2.27. The Morgan fingerprint density at radius 1 is 1.52 bits per heavy atom. The van der Waals surface area contributed by atoms with Gasteiger partial charge < -0.3 is 15.0 Å². The Morgan fingerprint density at radius 3 is 2.76 bits per heavy atom. The summed E-state index contributed by atoms with van der Waals surface area (Å²) in [5.41, 5.74) is 2.47. The molecule has 0 fully saturated rings. The van der Waals surface area contributed by atoms with Crippen molar-refractivity contribution < 1.29 is 9.53 Å². The van der Waals surface area contributed by atoms with E-state index in [4.69, 9.17) is 4.74 Å². The number of carbonyl (C=O) groups is 1. The topological polar surface area (TPSA) is 54.5 Å². The van der Waals surface area contributed by atoms with Gasteiger partial charge in [0.2, 0.25) is 0 Å². The van der Waals surface area contributed by atoms with Crippen LogP contribution in [0.15, 0.2) is 10.9 Å². The maximum atomic E-state index is 12.0. The van der Waals surface area contributed by atoms with Crippen LogP contribution in [0.25, 0.3) is 0 Å². The zero-order chi connectivity index (χ0) is 15.9. The standard InChI is InChI=1S/C15H27N3O2S/c1-6-18(14(19)20-15(3,4)5)9-7-8-16-12(2)13-10-21-11-17-13/h10-12,16H,6-9H2,1-5H3. The molecule has 1 rings (SSSR count). The van der Waals surface area contributed by atoms with Crippen LogP contribution in [0, 0.1) is 0 Å². The highest BCUT2D eigenvalue weighted by atomic mass is 32.1. The molecular weight excluding hydrogens is 286 g/mol. The third-order valence-electron chi connectivity index (χ3n) is 2.98. The molecule has 1 unspecified atom stereocenters. The molecule has 21 heavy (non-hydrogen) atoms. The van der Waals surface area contributed by atoms with Gasteiger partial charge in [0.25, 0.3) is 0 Å². The summed E-state index contributed by atoms with van der Waals surface area (Å²) in [5, 5.41) is 5.47. The lowest BCUT2D eigenvalue weighted by Gasteiger charge is -2.26. The lowest BCUT2D eigenvalue weighted by molar-refractivity contribution is 0.0258. The molecule has 6 heteroatoms. The van der Waals surface area contributed by atoms with Crippen LogP contribution in [-0.4, -0.2) is 41.2 Å². The van der Waals surface area contributed by atoms with Gasteiger partial charge in [0.05, 0.1) is 11.2 Å². The second kappa shape index (κ2) is 8.34. The first-order valence-electron chi connectivity index (χ1n) is 7.43. The zero-order valence-corrected chi connectivity index (χ0v) is 14.5. The summed E-state index contributed by atoms with van der Waals surface area (Å²) >= 11 is 1.60. The third-order valence-corrected chi connectivity index (χ3v) is 3.59. The van der Waals surface area contributed by atoms with Gasteiger partial charge in [-0.3, -0.25) is 0 Å². The van der Waals surface area contributed by atoms with E-state index in [-0.39, 0.29) is 12.1 Å². The number of nitrogens with one attached hydrogen (secondary N) is 1. The molecule has 0 saturated carbocycles. The van der Waals surface area contributed by atoms with Crippen molar-refractivity contribution >= 4 is 17.4 Å². The van der Waals surface area contributed by atoms with Crippen LogP contribution in [0.2, 0.25) is 0 Å². The van der Waals surface area contributed by atoms with Gasteiger partial charge in [-0.1, -0.05) is 0 Å². The fourth-order valence-corrected chi connectivity index (χ4v) is 2.48. The second-order valence-corrected chi connectivity index (χ2v) is 6.72. The minimum Gasteiger partial charge on any atom is -0.444 e. The molecule has 5 nitrogen and oxygen atoms in total. The molecule has 0 saturated heterocycles. The van der Waals surface area contributed by atoms with Crippen LogP contribution in [0.5, 0.6) is 0 Å². The molecule has 1 amide bonds. The number of rotatable bonds is 7. The summed E-state index contributed by atoms with van der Waals surface area (Å²) in [6.07, 6.45) is 0.652. The number of carbonyl (C=O) groups excluding carboxylic acids is 1. The van der Waals surface area contributed by atoms with Crippen LogP contribution < -0.4 is 5.32 Å². The van der Waals surface area contributed by atoms with Gasteiger partial charge in [-0.05, 0) is 47.6 Å². The SMILES string of the molecule is CCN(CCCNC(C)c1cscn1)C(=O)OC(C)(C)C. The van der Waals surface area contributed by atoms with Crippen LogP contribution in [0.3, 0.4) is 0 Å². The smallest absolute Gasteiger partial charge is 0.410 e. The Kier molecular flexibility index (Phi) is 7.11. The molecule has 0 spiro atoms. The van der Waals surface area contributed by atoms with Crippen molar-refractivity contribution in [1.29, 1.82) is 0 Å². The van der Waals surface area contributed by atoms with Crippen LogP contribution in [0.4, 0.5) is 4.79 Å². The molecule has 1 aromatic rings. The molecule has 0 bridgehead atoms. The number of aromatic nitrogens is 1. The Bertz CT molecular complexity index is 415. The van der Waals surface area contributed by atoms with Crippen molar-refractivity contribution in [3.63, 3.8) is 0 Å². The number of nitrogens with zero attached hydrogens (tertiary/aromatic N) is 2. The number of thiazole rings is 1. The van der Waals surface area contributed by atoms with Crippen molar-refractivity contribution in [3.8, 4) is 0 Å². The summed E-state index contributed by atoms with van der Waals surface area (Å²) in [6, 6.07) is 0.243. The average molecular weight is 313 g/mol. The summed E-state index contributed by atoms with van der Waals surface area (Å²) in [5.74, 6) is 0. The molecule has 1 N–H and O–H groups in total. The highest BCUT2D eigenvalue weighted by Gasteiger charge is 2.20. The predicted molar refractivity (Wildman–Crippen MR) is 86.6 cm³/mol. The normalized spacial score (nSPS) is 13.0. The van der Waals surface area contributed by atoms with Crippen molar-refractivity contribution in [3.05, 3.63) is 16.6 Å². The van der Waals surface area contributed by atoms with E-state index in [2.05, 4.69) is 22.6 Å². The molecule has 120 valence electrons. The van der Waals surface area contributed by atoms with Gasteiger partial charge >= 0.3 is 6.09 Å². The Hall–Kier alpha value is -1.14. The van der Waals surface area contributed by atoms with Crippen LogP contribution in [0.1, 0.15) is 52.8 Å². The summed E-state index contributed by atoms with van der Waals surface area (Å²) < 4.78 is 5.39. The van der Waals surface area contributed by atoms with Crippen molar-refractivity contribution in [1.82, 2.24) is 15.2 Å². The average Bonchev–Trinajstić information content (AvgIpc) is 2.90. The molecule has 0 aromatic carbocycles. The lowest BCUT2D eigenvalue weighted by Crippen LogP contribution is -2.38. The maximum Gasteiger partial charge on any atom is 0.410 e. The first kappa shape index (κ1) is 17.9. The van der Waals surface area contributed by atoms with Crippen LogP contribution in [-0.2, 0) is 4.74 Å². The van der Waals surface area contributed by atoms with Gasteiger partial charge in [-0.15, -0.1) is 11.3 Å². The zero-order valence-electron chi connectivity index (χ0n) is 13.7. The minimum absolute atomic E-state index is 0.238. The minimum atomic E-state index is -0.443. The highest BCUT2D eigenvalue weighted by molar-refractivity contribution is 7.07. The molecule has 0 aliphatic heterocycles. The summed E-state index contributed by atoms with van der Waals surface area (Å²) in [7, 11) is 0. The summed E-state index contributed by atoms with van der Waals surface area (Å²) in [4.78, 5) is 18.0. The second-order valence-electron chi connectivity index (χ2n) is 6.00. The summed E-state index contributed by atoms with van der Waals surface area (Å²) in [6.45, 7) is 11.9. The first-order valence-corrected chi connectivity index (χ1v) is 8.37. The predicted octanol–water partition coefficient (Wildman–Crippen LogP) is 3.44. The monoisotopic (exact) mass is 313 g/mol. The number of hydrogen-bond donors (Lipinski definition) is 1. The molecule has 0 aliphatic carbocycles. The molecule has 1 aromatic heterocycles. The molecule has 1 heterocycles. The Labute approximate surface area is 131 Å². The number of hydrogen-bond acceptors (Lipinski definition) is 5. The van der Waals surface area contributed by atoms with Gasteiger partial charge in [0.1, 0.15) is 5.60 Å². The first-order chi connectivity index (χ1) is 9.83.